The average Bonchev–Trinajstić information content (AvgIpc) is 3.26. The number of hydrogen-bond acceptors (Lipinski definition) is 7. The molecular weight excluding hydrogens is 328 g/mol. The molecule has 8 heteroatoms. The predicted molar refractivity (Wildman–Crippen MR) is 91.7 cm³/mol. The number of thiophene rings is 1. The van der Waals surface area contributed by atoms with Crippen molar-refractivity contribution in [1.82, 2.24) is 30.2 Å². The second-order valence-electron chi connectivity index (χ2n) is 5.68. The highest BCUT2D eigenvalue weighted by Crippen LogP contribution is 2.40. The van der Waals surface area contributed by atoms with E-state index < -0.39 is 0 Å². The van der Waals surface area contributed by atoms with Gasteiger partial charge in [0.15, 0.2) is 5.82 Å². The molecule has 0 bridgehead atoms. The summed E-state index contributed by atoms with van der Waals surface area (Å²) in [5.41, 5.74) is 1.47. The topological polar surface area (TPSA) is 69.4 Å². The molecule has 3 heterocycles. The van der Waals surface area contributed by atoms with Crippen LogP contribution in [0.2, 0.25) is 0 Å². The van der Waals surface area contributed by atoms with E-state index in [4.69, 9.17) is 0 Å². The molecule has 0 spiro atoms. The number of thioether (sulfide) groups is 1. The van der Waals surface area contributed by atoms with Crippen LogP contribution in [-0.2, 0) is 25.1 Å². The molecule has 0 amide bonds. The Bertz CT molecular complexity index is 825. The smallest absolute Gasteiger partial charge is 0.161 e. The van der Waals surface area contributed by atoms with Crippen molar-refractivity contribution in [2.45, 2.75) is 56.4 Å². The van der Waals surface area contributed by atoms with Crippen molar-refractivity contribution >= 4 is 33.3 Å². The minimum absolute atomic E-state index is 0.743. The van der Waals surface area contributed by atoms with Crippen LogP contribution in [0.25, 0.3) is 10.2 Å². The highest BCUT2D eigenvalue weighted by atomic mass is 32.2. The van der Waals surface area contributed by atoms with Gasteiger partial charge in [-0.2, -0.15) is 0 Å². The summed E-state index contributed by atoms with van der Waals surface area (Å²) in [5.74, 6) is 1.66. The number of rotatable bonds is 6. The number of fused-ring (bicyclic) bond motifs is 3. The van der Waals surface area contributed by atoms with E-state index in [1.54, 1.807) is 18.1 Å². The van der Waals surface area contributed by atoms with Crippen LogP contribution in [-0.4, -0.2) is 30.2 Å². The second kappa shape index (κ2) is 6.52. The van der Waals surface area contributed by atoms with Crippen LogP contribution in [0, 0.1) is 0 Å². The summed E-state index contributed by atoms with van der Waals surface area (Å²) in [6.45, 7) is 3.06. The van der Waals surface area contributed by atoms with Crippen LogP contribution in [0.5, 0.6) is 0 Å². The van der Waals surface area contributed by atoms with Gasteiger partial charge >= 0.3 is 0 Å². The summed E-state index contributed by atoms with van der Waals surface area (Å²) in [5, 5.41) is 14.4. The molecule has 0 saturated heterocycles. The Balaban J connectivity index is 1.58. The third-order valence-corrected chi connectivity index (χ3v) is 6.32. The van der Waals surface area contributed by atoms with E-state index in [2.05, 4.69) is 32.4 Å². The van der Waals surface area contributed by atoms with Crippen LogP contribution in [0.4, 0.5) is 0 Å². The molecule has 1 aliphatic carbocycles. The maximum atomic E-state index is 4.53. The standard InChI is InChI=1S/C15H18N6S2/c1-2-3-7-21-12(18-19-20-21)8-22-14-13-10-5-4-6-11(10)23-15(13)17-9-16-14/h9H,2-8H2,1H3. The zero-order valence-corrected chi connectivity index (χ0v) is 14.7. The molecule has 1 aliphatic rings. The zero-order chi connectivity index (χ0) is 15.6. The van der Waals surface area contributed by atoms with Crippen LogP contribution in [0.15, 0.2) is 11.4 Å². The molecule has 0 unspecified atom stereocenters. The SMILES string of the molecule is CCCCn1nnnc1CSc1ncnc2sc3c(c12)CCC3. The van der Waals surface area contributed by atoms with Gasteiger partial charge in [-0.3, -0.25) is 0 Å². The van der Waals surface area contributed by atoms with E-state index in [9.17, 15) is 0 Å². The monoisotopic (exact) mass is 346 g/mol. The van der Waals surface area contributed by atoms with Crippen molar-refractivity contribution in [3.05, 3.63) is 22.6 Å². The fraction of sp³-hybridized carbons (Fsp3) is 0.533. The van der Waals surface area contributed by atoms with E-state index >= 15 is 0 Å². The van der Waals surface area contributed by atoms with Gasteiger partial charge in [-0.15, -0.1) is 16.4 Å². The molecule has 3 aromatic rings. The second-order valence-corrected chi connectivity index (χ2v) is 7.72. The summed E-state index contributed by atoms with van der Waals surface area (Å²) >= 11 is 3.55. The van der Waals surface area contributed by atoms with E-state index in [-0.39, 0.29) is 0 Å². The molecule has 0 aromatic carbocycles. The van der Waals surface area contributed by atoms with Crippen LogP contribution in [0.3, 0.4) is 0 Å². The first kappa shape index (κ1) is 15.0. The van der Waals surface area contributed by atoms with E-state index in [1.807, 2.05) is 16.0 Å². The molecule has 3 aromatic heterocycles. The molecule has 4 rings (SSSR count). The van der Waals surface area contributed by atoms with Gasteiger partial charge in [0, 0.05) is 16.8 Å². The Labute approximate surface area is 142 Å². The lowest BCUT2D eigenvalue weighted by atomic mass is 10.2. The van der Waals surface area contributed by atoms with Gasteiger partial charge in [0.1, 0.15) is 16.2 Å². The third-order valence-electron chi connectivity index (χ3n) is 4.13. The number of unbranched alkanes of at least 4 members (excludes halogenated alkanes) is 1. The van der Waals surface area contributed by atoms with Crippen molar-refractivity contribution in [2.75, 3.05) is 0 Å². The van der Waals surface area contributed by atoms with Crippen molar-refractivity contribution in [2.24, 2.45) is 0 Å². The van der Waals surface area contributed by atoms with Crippen molar-refractivity contribution in [1.29, 1.82) is 0 Å². The van der Waals surface area contributed by atoms with Crippen molar-refractivity contribution < 1.29 is 0 Å². The summed E-state index contributed by atoms with van der Waals surface area (Å²) in [7, 11) is 0. The fourth-order valence-corrected chi connectivity index (χ4v) is 5.20. The minimum Gasteiger partial charge on any atom is -0.229 e. The van der Waals surface area contributed by atoms with E-state index in [0.29, 0.717) is 0 Å². The Morgan fingerprint density at radius 2 is 2.26 bits per heavy atom. The first-order chi connectivity index (χ1) is 11.4. The Morgan fingerprint density at radius 3 is 3.17 bits per heavy atom. The molecular formula is C15H18N6S2. The summed E-state index contributed by atoms with van der Waals surface area (Å²) in [6.07, 6.45) is 7.51. The number of tetrazole rings is 1. The zero-order valence-electron chi connectivity index (χ0n) is 13.0. The molecule has 0 saturated carbocycles. The molecule has 0 N–H and O–H groups in total. The summed E-state index contributed by atoms with van der Waals surface area (Å²) in [4.78, 5) is 11.6. The lowest BCUT2D eigenvalue weighted by Gasteiger charge is -2.05. The van der Waals surface area contributed by atoms with Gasteiger partial charge in [-0.1, -0.05) is 25.1 Å². The van der Waals surface area contributed by atoms with Crippen LogP contribution >= 0.6 is 23.1 Å². The van der Waals surface area contributed by atoms with Gasteiger partial charge < -0.3 is 0 Å². The minimum atomic E-state index is 0.743. The predicted octanol–water partition coefficient (Wildman–Crippen LogP) is 3.26. The third kappa shape index (κ3) is 2.85. The fourth-order valence-electron chi connectivity index (χ4n) is 2.95. The molecule has 0 aliphatic heterocycles. The normalized spacial score (nSPS) is 13.8. The summed E-state index contributed by atoms with van der Waals surface area (Å²) < 4.78 is 1.91. The molecule has 0 radical (unpaired) electrons. The Hall–Kier alpha value is -1.54. The average molecular weight is 346 g/mol. The number of hydrogen-bond donors (Lipinski definition) is 0. The maximum absolute atomic E-state index is 4.53. The van der Waals surface area contributed by atoms with Gasteiger partial charge in [-0.05, 0) is 41.7 Å². The van der Waals surface area contributed by atoms with E-state index in [1.165, 1.54) is 28.7 Å². The molecule has 0 atom stereocenters. The Morgan fingerprint density at radius 1 is 1.30 bits per heavy atom. The van der Waals surface area contributed by atoms with Gasteiger partial charge in [0.25, 0.3) is 0 Å². The van der Waals surface area contributed by atoms with Crippen LogP contribution in [0.1, 0.15) is 42.5 Å². The largest absolute Gasteiger partial charge is 0.229 e. The first-order valence-corrected chi connectivity index (χ1v) is 9.80. The molecule has 6 nitrogen and oxygen atoms in total. The van der Waals surface area contributed by atoms with Crippen molar-refractivity contribution in [3.63, 3.8) is 0 Å². The van der Waals surface area contributed by atoms with Crippen molar-refractivity contribution in [3.8, 4) is 0 Å². The van der Waals surface area contributed by atoms with Gasteiger partial charge in [0.2, 0.25) is 0 Å². The maximum Gasteiger partial charge on any atom is 0.161 e. The quantitative estimate of drug-likeness (QED) is 0.504. The number of aryl methyl sites for hydroxylation is 3. The number of aromatic nitrogens is 6. The number of nitrogens with zero attached hydrogens (tertiary/aromatic N) is 6. The highest BCUT2D eigenvalue weighted by Gasteiger charge is 2.21. The highest BCUT2D eigenvalue weighted by molar-refractivity contribution is 7.98. The lowest BCUT2D eigenvalue weighted by molar-refractivity contribution is 0.540. The Kier molecular flexibility index (Phi) is 4.26. The lowest BCUT2D eigenvalue weighted by Crippen LogP contribution is -2.05. The summed E-state index contributed by atoms with van der Waals surface area (Å²) in [6, 6.07) is 0. The van der Waals surface area contributed by atoms with E-state index in [0.717, 1.165) is 47.2 Å². The first-order valence-electron chi connectivity index (χ1n) is 8.00. The van der Waals surface area contributed by atoms with Gasteiger partial charge in [-0.25, -0.2) is 14.6 Å². The van der Waals surface area contributed by atoms with Crippen LogP contribution < -0.4 is 0 Å². The molecule has 0 fully saturated rings. The molecule has 23 heavy (non-hydrogen) atoms. The molecule has 120 valence electrons. The van der Waals surface area contributed by atoms with Gasteiger partial charge in [0.05, 0.1) is 5.75 Å².